The molecule has 1 atom stereocenters. The summed E-state index contributed by atoms with van der Waals surface area (Å²) in [5, 5.41) is 11.8. The van der Waals surface area contributed by atoms with Crippen LogP contribution in [-0.4, -0.2) is 23.0 Å². The topological polar surface area (TPSA) is 66.4 Å². The maximum Gasteiger partial charge on any atom is 0.326 e. The van der Waals surface area contributed by atoms with Crippen molar-refractivity contribution in [1.29, 1.82) is 0 Å². The number of nitrogens with one attached hydrogen (secondary N) is 1. The van der Waals surface area contributed by atoms with Crippen LogP contribution in [-0.2, 0) is 11.2 Å². The zero-order valence-electron chi connectivity index (χ0n) is 11.7. The second-order valence-corrected chi connectivity index (χ2v) is 4.92. The molecule has 2 aromatic carbocycles. The van der Waals surface area contributed by atoms with Gasteiger partial charge in [-0.2, -0.15) is 0 Å². The van der Waals surface area contributed by atoms with E-state index in [-0.39, 0.29) is 12.3 Å². The predicted molar refractivity (Wildman–Crippen MR) is 80.2 cm³/mol. The summed E-state index contributed by atoms with van der Waals surface area (Å²) >= 11 is 0. The molecule has 0 saturated heterocycles. The van der Waals surface area contributed by atoms with Crippen LogP contribution in [0.1, 0.15) is 21.5 Å². The van der Waals surface area contributed by atoms with Gasteiger partial charge in [-0.25, -0.2) is 4.79 Å². The van der Waals surface area contributed by atoms with Crippen LogP contribution >= 0.6 is 0 Å². The van der Waals surface area contributed by atoms with E-state index in [0.29, 0.717) is 5.56 Å². The highest BCUT2D eigenvalue weighted by Crippen LogP contribution is 2.06. The molecule has 0 heterocycles. The van der Waals surface area contributed by atoms with E-state index in [1.54, 1.807) is 12.1 Å². The van der Waals surface area contributed by atoms with Crippen molar-refractivity contribution in [3.63, 3.8) is 0 Å². The van der Waals surface area contributed by atoms with Crippen molar-refractivity contribution in [3.05, 3.63) is 71.3 Å². The molecule has 0 bridgehead atoms. The molecule has 1 amide bonds. The van der Waals surface area contributed by atoms with Crippen molar-refractivity contribution in [2.45, 2.75) is 19.4 Å². The summed E-state index contributed by atoms with van der Waals surface area (Å²) in [6.07, 6.45) is 0.258. The Morgan fingerprint density at radius 2 is 1.67 bits per heavy atom. The van der Waals surface area contributed by atoms with Gasteiger partial charge in [0.2, 0.25) is 0 Å². The Morgan fingerprint density at radius 1 is 1.05 bits per heavy atom. The normalized spacial score (nSPS) is 11.7. The number of carboxylic acids is 1. The average Bonchev–Trinajstić information content (AvgIpc) is 2.48. The molecular weight excluding hydrogens is 266 g/mol. The van der Waals surface area contributed by atoms with Crippen molar-refractivity contribution in [2.75, 3.05) is 0 Å². The molecule has 0 aliphatic carbocycles. The highest BCUT2D eigenvalue weighted by Gasteiger charge is 2.20. The molecule has 0 saturated carbocycles. The van der Waals surface area contributed by atoms with Crippen LogP contribution in [0.5, 0.6) is 0 Å². The number of amides is 1. The molecular formula is C17H17NO3. The fourth-order valence-corrected chi connectivity index (χ4v) is 2.00. The highest BCUT2D eigenvalue weighted by atomic mass is 16.4. The third kappa shape index (κ3) is 4.18. The maximum atomic E-state index is 12.1. The van der Waals surface area contributed by atoms with Crippen molar-refractivity contribution >= 4 is 11.9 Å². The van der Waals surface area contributed by atoms with Gasteiger partial charge in [-0.1, -0.05) is 48.0 Å². The molecule has 21 heavy (non-hydrogen) atoms. The van der Waals surface area contributed by atoms with E-state index in [9.17, 15) is 14.7 Å². The average molecular weight is 283 g/mol. The summed E-state index contributed by atoms with van der Waals surface area (Å²) in [7, 11) is 0. The van der Waals surface area contributed by atoms with Crippen LogP contribution in [0.2, 0.25) is 0 Å². The SMILES string of the molecule is Cc1ccc(C(=O)N[C@@H](Cc2ccccc2)C(=O)O)cc1. The van der Waals surface area contributed by atoms with E-state index >= 15 is 0 Å². The lowest BCUT2D eigenvalue weighted by Gasteiger charge is -2.14. The van der Waals surface area contributed by atoms with Gasteiger partial charge in [-0.3, -0.25) is 4.79 Å². The Bertz CT molecular complexity index is 620. The minimum absolute atomic E-state index is 0.258. The van der Waals surface area contributed by atoms with Gasteiger partial charge in [0.1, 0.15) is 6.04 Å². The molecule has 4 nitrogen and oxygen atoms in total. The molecule has 2 N–H and O–H groups in total. The van der Waals surface area contributed by atoms with Crippen molar-refractivity contribution in [3.8, 4) is 0 Å². The van der Waals surface area contributed by atoms with Gasteiger partial charge in [0.15, 0.2) is 0 Å². The van der Waals surface area contributed by atoms with Gasteiger partial charge < -0.3 is 10.4 Å². The number of carbonyl (C=O) groups excluding carboxylic acids is 1. The molecule has 108 valence electrons. The van der Waals surface area contributed by atoms with E-state index in [1.165, 1.54) is 0 Å². The number of carbonyl (C=O) groups is 2. The Labute approximate surface area is 123 Å². The molecule has 0 aromatic heterocycles. The molecule has 0 aliphatic heterocycles. The van der Waals surface area contributed by atoms with E-state index in [0.717, 1.165) is 11.1 Å². The van der Waals surface area contributed by atoms with Gasteiger partial charge in [0.05, 0.1) is 0 Å². The van der Waals surface area contributed by atoms with Gasteiger partial charge in [0, 0.05) is 12.0 Å². The summed E-state index contributed by atoms with van der Waals surface area (Å²) in [6.45, 7) is 1.93. The summed E-state index contributed by atoms with van der Waals surface area (Å²) in [5.41, 5.74) is 2.37. The van der Waals surface area contributed by atoms with Crippen molar-refractivity contribution in [1.82, 2.24) is 5.32 Å². The summed E-state index contributed by atoms with van der Waals surface area (Å²) in [5.74, 6) is -1.42. The van der Waals surface area contributed by atoms with Crippen molar-refractivity contribution < 1.29 is 14.7 Å². The Hall–Kier alpha value is -2.62. The van der Waals surface area contributed by atoms with Crippen LogP contribution in [0.15, 0.2) is 54.6 Å². The zero-order chi connectivity index (χ0) is 15.2. The second kappa shape index (κ2) is 6.70. The van der Waals surface area contributed by atoms with E-state index in [4.69, 9.17) is 0 Å². The van der Waals surface area contributed by atoms with Crippen molar-refractivity contribution in [2.24, 2.45) is 0 Å². The second-order valence-electron chi connectivity index (χ2n) is 4.92. The van der Waals surface area contributed by atoms with Gasteiger partial charge in [-0.15, -0.1) is 0 Å². The van der Waals surface area contributed by atoms with E-state index in [1.807, 2.05) is 49.4 Å². The predicted octanol–water partition coefficient (Wildman–Crippen LogP) is 2.42. The molecule has 2 aromatic rings. The highest BCUT2D eigenvalue weighted by molar-refractivity contribution is 5.96. The smallest absolute Gasteiger partial charge is 0.326 e. The summed E-state index contributed by atoms with van der Waals surface area (Å²) in [6, 6.07) is 15.3. The molecule has 0 unspecified atom stereocenters. The fraction of sp³-hybridized carbons (Fsp3) is 0.176. The molecule has 0 spiro atoms. The lowest BCUT2D eigenvalue weighted by molar-refractivity contribution is -0.139. The van der Waals surface area contributed by atoms with Crippen LogP contribution in [0, 0.1) is 6.92 Å². The first kappa shape index (κ1) is 14.8. The van der Waals surface area contributed by atoms with E-state index < -0.39 is 12.0 Å². The summed E-state index contributed by atoms with van der Waals surface area (Å²) < 4.78 is 0. The maximum absolute atomic E-state index is 12.1. The molecule has 2 rings (SSSR count). The first-order chi connectivity index (χ1) is 10.1. The van der Waals surface area contributed by atoms with Gasteiger partial charge in [-0.05, 0) is 24.6 Å². The first-order valence-corrected chi connectivity index (χ1v) is 6.70. The Balaban J connectivity index is 2.07. The number of benzene rings is 2. The largest absolute Gasteiger partial charge is 0.480 e. The Kier molecular flexibility index (Phi) is 4.72. The number of aryl methyl sites for hydroxylation is 1. The molecule has 0 fully saturated rings. The van der Waals surface area contributed by atoms with Crippen LogP contribution in [0.4, 0.5) is 0 Å². The number of rotatable bonds is 5. The fourth-order valence-electron chi connectivity index (χ4n) is 2.00. The third-order valence-electron chi connectivity index (χ3n) is 3.20. The minimum Gasteiger partial charge on any atom is -0.480 e. The van der Waals surface area contributed by atoms with Gasteiger partial charge in [0.25, 0.3) is 5.91 Å². The number of carboxylic acid groups (broad SMARTS) is 1. The third-order valence-corrected chi connectivity index (χ3v) is 3.20. The lowest BCUT2D eigenvalue weighted by Crippen LogP contribution is -2.42. The number of hydrogen-bond donors (Lipinski definition) is 2. The number of aliphatic carboxylic acids is 1. The number of hydrogen-bond acceptors (Lipinski definition) is 2. The lowest BCUT2D eigenvalue weighted by atomic mass is 10.1. The van der Waals surface area contributed by atoms with Gasteiger partial charge >= 0.3 is 5.97 Å². The quantitative estimate of drug-likeness (QED) is 0.885. The van der Waals surface area contributed by atoms with Crippen LogP contribution in [0.25, 0.3) is 0 Å². The molecule has 0 radical (unpaired) electrons. The monoisotopic (exact) mass is 283 g/mol. The summed E-state index contributed by atoms with van der Waals surface area (Å²) in [4.78, 5) is 23.4. The first-order valence-electron chi connectivity index (χ1n) is 6.70. The Morgan fingerprint density at radius 3 is 2.24 bits per heavy atom. The van der Waals surface area contributed by atoms with Crippen LogP contribution < -0.4 is 5.32 Å². The molecule has 4 heteroatoms. The van der Waals surface area contributed by atoms with E-state index in [2.05, 4.69) is 5.32 Å². The van der Waals surface area contributed by atoms with Crippen LogP contribution in [0.3, 0.4) is 0 Å². The zero-order valence-corrected chi connectivity index (χ0v) is 11.7. The molecule has 0 aliphatic rings. The minimum atomic E-state index is -1.04. The standard InChI is InChI=1S/C17H17NO3/c1-12-7-9-14(10-8-12)16(19)18-15(17(20)21)11-13-5-3-2-4-6-13/h2-10,15H,11H2,1H3,(H,18,19)(H,20,21)/t15-/m0/s1.